The average molecular weight is 405 g/mol. The van der Waals surface area contributed by atoms with Gasteiger partial charge >= 0.3 is 0 Å². The Kier molecular flexibility index (Phi) is 5.80. The average Bonchev–Trinajstić information content (AvgIpc) is 3.37. The van der Waals surface area contributed by atoms with Crippen molar-refractivity contribution in [2.24, 2.45) is 4.99 Å². The Labute approximate surface area is 179 Å². The van der Waals surface area contributed by atoms with Gasteiger partial charge in [0, 0.05) is 50.9 Å². The molecule has 5 heteroatoms. The summed E-state index contributed by atoms with van der Waals surface area (Å²) in [4.78, 5) is 20.8. The van der Waals surface area contributed by atoms with Crippen LogP contribution >= 0.6 is 0 Å². The number of amides is 1. The first-order chi connectivity index (χ1) is 14.5. The molecule has 1 spiro atoms. The van der Waals surface area contributed by atoms with Crippen molar-refractivity contribution in [3.05, 3.63) is 65.2 Å². The van der Waals surface area contributed by atoms with Crippen LogP contribution in [0.2, 0.25) is 0 Å². The molecule has 1 fully saturated rings. The highest BCUT2D eigenvalue weighted by Gasteiger charge is 2.45. The minimum atomic E-state index is 0.0381. The van der Waals surface area contributed by atoms with E-state index in [1.54, 1.807) is 19.0 Å². The Hall–Kier alpha value is -2.82. The lowest BCUT2D eigenvalue weighted by molar-refractivity contribution is 0.0827. The number of benzene rings is 2. The van der Waals surface area contributed by atoms with Gasteiger partial charge in [-0.3, -0.25) is 9.79 Å². The fraction of sp³-hybridized carbons (Fsp3) is 0.440. The summed E-state index contributed by atoms with van der Waals surface area (Å²) in [7, 11) is 5.43. The molecule has 0 radical (unpaired) electrons. The molecule has 2 aromatic carbocycles. The molecule has 0 saturated heterocycles. The second-order valence-corrected chi connectivity index (χ2v) is 8.71. The van der Waals surface area contributed by atoms with Crippen molar-refractivity contribution in [3.8, 4) is 0 Å². The number of para-hydroxylation sites is 1. The number of guanidine groups is 1. The summed E-state index contributed by atoms with van der Waals surface area (Å²) >= 11 is 0. The highest BCUT2D eigenvalue weighted by atomic mass is 16.2. The molecule has 0 atom stereocenters. The Morgan fingerprint density at radius 3 is 2.63 bits per heavy atom. The number of rotatable bonds is 4. The topological polar surface area (TPSA) is 47.9 Å². The number of anilines is 1. The molecule has 4 rings (SSSR count). The standard InChI is InChI=1S/C25H32N4O/c1-26-24(27-16-13-19-9-8-10-20(17-19)23(30)28(2)3)29-18-25(14-6-7-15-25)21-11-4-5-12-22(21)29/h4-5,8-12,17H,6-7,13-16,18H2,1-3H3,(H,26,27). The fourth-order valence-corrected chi connectivity index (χ4v) is 5.03. The number of hydrogen-bond donors (Lipinski definition) is 1. The molecule has 5 nitrogen and oxygen atoms in total. The zero-order valence-corrected chi connectivity index (χ0v) is 18.3. The van der Waals surface area contributed by atoms with Crippen LogP contribution in [0.4, 0.5) is 5.69 Å². The molecule has 1 N–H and O–H groups in total. The van der Waals surface area contributed by atoms with Gasteiger partial charge in [-0.05, 0) is 48.6 Å². The quantitative estimate of drug-likeness (QED) is 0.622. The van der Waals surface area contributed by atoms with E-state index in [4.69, 9.17) is 0 Å². The minimum absolute atomic E-state index is 0.0381. The maximum atomic E-state index is 12.2. The molecular formula is C25H32N4O. The van der Waals surface area contributed by atoms with Gasteiger partial charge in [-0.15, -0.1) is 0 Å². The van der Waals surface area contributed by atoms with Crippen LogP contribution in [-0.4, -0.2) is 51.0 Å². The van der Waals surface area contributed by atoms with Gasteiger partial charge in [-0.2, -0.15) is 0 Å². The summed E-state index contributed by atoms with van der Waals surface area (Å²) in [5.41, 5.74) is 4.96. The summed E-state index contributed by atoms with van der Waals surface area (Å²) < 4.78 is 0. The van der Waals surface area contributed by atoms with E-state index in [2.05, 4.69) is 45.5 Å². The molecule has 2 aromatic rings. The van der Waals surface area contributed by atoms with E-state index in [9.17, 15) is 4.79 Å². The third kappa shape index (κ3) is 3.81. The number of nitrogens with zero attached hydrogens (tertiary/aromatic N) is 3. The predicted octanol–water partition coefficient (Wildman–Crippen LogP) is 3.84. The first-order valence-corrected chi connectivity index (χ1v) is 10.9. The van der Waals surface area contributed by atoms with E-state index >= 15 is 0 Å². The maximum absolute atomic E-state index is 12.2. The van der Waals surface area contributed by atoms with Crippen LogP contribution in [0.3, 0.4) is 0 Å². The molecule has 158 valence electrons. The van der Waals surface area contributed by atoms with Crippen molar-refractivity contribution in [2.75, 3.05) is 39.1 Å². The molecule has 0 unspecified atom stereocenters. The van der Waals surface area contributed by atoms with Crippen LogP contribution in [0, 0.1) is 0 Å². The van der Waals surface area contributed by atoms with Crippen LogP contribution in [0.1, 0.15) is 47.2 Å². The van der Waals surface area contributed by atoms with Gasteiger partial charge < -0.3 is 15.1 Å². The minimum Gasteiger partial charge on any atom is -0.356 e. The van der Waals surface area contributed by atoms with Crippen molar-refractivity contribution in [2.45, 2.75) is 37.5 Å². The zero-order chi connectivity index (χ0) is 21.1. The lowest BCUT2D eigenvalue weighted by atomic mass is 9.81. The van der Waals surface area contributed by atoms with Crippen molar-refractivity contribution in [1.82, 2.24) is 10.2 Å². The first-order valence-electron chi connectivity index (χ1n) is 10.9. The van der Waals surface area contributed by atoms with E-state index in [-0.39, 0.29) is 11.3 Å². The Morgan fingerprint density at radius 2 is 1.90 bits per heavy atom. The number of nitrogens with one attached hydrogen (secondary N) is 1. The largest absolute Gasteiger partial charge is 0.356 e. The van der Waals surface area contributed by atoms with E-state index in [0.29, 0.717) is 0 Å². The molecular weight excluding hydrogens is 372 g/mol. The van der Waals surface area contributed by atoms with Gasteiger partial charge in [0.1, 0.15) is 0 Å². The van der Waals surface area contributed by atoms with Crippen LogP contribution in [0.5, 0.6) is 0 Å². The zero-order valence-electron chi connectivity index (χ0n) is 18.3. The lowest BCUT2D eigenvalue weighted by Gasteiger charge is -2.26. The lowest BCUT2D eigenvalue weighted by Crippen LogP contribution is -2.44. The highest BCUT2D eigenvalue weighted by Crippen LogP contribution is 2.50. The molecule has 0 bridgehead atoms. The SMILES string of the molecule is CN=C(NCCc1cccc(C(=O)N(C)C)c1)N1CC2(CCCC2)c2ccccc21. The molecule has 0 aromatic heterocycles. The summed E-state index contributed by atoms with van der Waals surface area (Å²) in [6.45, 7) is 1.79. The predicted molar refractivity (Wildman–Crippen MR) is 123 cm³/mol. The van der Waals surface area contributed by atoms with E-state index in [1.807, 2.05) is 25.2 Å². The molecule has 30 heavy (non-hydrogen) atoms. The van der Waals surface area contributed by atoms with Crippen LogP contribution in [0.25, 0.3) is 0 Å². The number of fused-ring (bicyclic) bond motifs is 2. The highest BCUT2D eigenvalue weighted by molar-refractivity contribution is 5.98. The van der Waals surface area contributed by atoms with Crippen LogP contribution < -0.4 is 10.2 Å². The van der Waals surface area contributed by atoms with E-state index in [0.717, 1.165) is 36.6 Å². The smallest absolute Gasteiger partial charge is 0.253 e. The van der Waals surface area contributed by atoms with Gasteiger partial charge in [-0.1, -0.05) is 43.2 Å². The van der Waals surface area contributed by atoms with Crippen LogP contribution in [0.15, 0.2) is 53.5 Å². The van der Waals surface area contributed by atoms with Crippen LogP contribution in [-0.2, 0) is 11.8 Å². The Balaban J connectivity index is 1.44. The summed E-state index contributed by atoms with van der Waals surface area (Å²) in [6.07, 6.45) is 6.01. The number of carbonyl (C=O) groups excluding carboxylic acids is 1. The van der Waals surface area contributed by atoms with Gasteiger partial charge in [0.2, 0.25) is 0 Å². The molecule has 1 amide bonds. The second-order valence-electron chi connectivity index (χ2n) is 8.71. The number of hydrogen-bond acceptors (Lipinski definition) is 2. The Bertz CT molecular complexity index is 944. The maximum Gasteiger partial charge on any atom is 0.253 e. The van der Waals surface area contributed by atoms with Gasteiger partial charge in [0.15, 0.2) is 5.96 Å². The van der Waals surface area contributed by atoms with Crippen molar-refractivity contribution in [3.63, 3.8) is 0 Å². The molecule has 1 aliphatic carbocycles. The summed E-state index contributed by atoms with van der Waals surface area (Å²) in [6, 6.07) is 16.7. The molecule has 1 aliphatic heterocycles. The van der Waals surface area contributed by atoms with E-state index < -0.39 is 0 Å². The van der Waals surface area contributed by atoms with Gasteiger partial charge in [-0.25, -0.2) is 0 Å². The second kappa shape index (κ2) is 8.50. The number of aliphatic imine (C=N–C) groups is 1. The molecule has 1 saturated carbocycles. The summed E-state index contributed by atoms with van der Waals surface area (Å²) in [5, 5.41) is 3.56. The van der Waals surface area contributed by atoms with Crippen molar-refractivity contribution >= 4 is 17.6 Å². The third-order valence-electron chi connectivity index (χ3n) is 6.53. The first kappa shape index (κ1) is 20.5. The summed E-state index contributed by atoms with van der Waals surface area (Å²) in [5.74, 6) is 0.975. The van der Waals surface area contributed by atoms with Crippen molar-refractivity contribution < 1.29 is 4.79 Å². The van der Waals surface area contributed by atoms with E-state index in [1.165, 1.54) is 36.9 Å². The van der Waals surface area contributed by atoms with Crippen molar-refractivity contribution in [1.29, 1.82) is 0 Å². The normalized spacial score (nSPS) is 17.3. The molecule has 1 heterocycles. The monoisotopic (exact) mass is 404 g/mol. The number of carbonyl (C=O) groups is 1. The Morgan fingerprint density at radius 1 is 1.13 bits per heavy atom. The van der Waals surface area contributed by atoms with Gasteiger partial charge in [0.05, 0.1) is 0 Å². The van der Waals surface area contributed by atoms with Gasteiger partial charge in [0.25, 0.3) is 5.91 Å². The third-order valence-corrected chi connectivity index (χ3v) is 6.53. The fourth-order valence-electron chi connectivity index (χ4n) is 5.03. The molecule has 2 aliphatic rings.